The molecule has 0 atom stereocenters. The molecule has 1 aromatic heterocycles. The molecular formula is C18H20ClFN4O3. The minimum Gasteiger partial charge on any atom is -0.378 e. The molecule has 27 heavy (non-hydrogen) atoms. The quantitative estimate of drug-likeness (QED) is 0.814. The summed E-state index contributed by atoms with van der Waals surface area (Å²) in [6, 6.07) is 5.04. The lowest BCUT2D eigenvalue weighted by molar-refractivity contribution is -0.116. The van der Waals surface area contributed by atoms with E-state index in [1.54, 1.807) is 0 Å². The van der Waals surface area contributed by atoms with Gasteiger partial charge in [-0.1, -0.05) is 11.6 Å². The van der Waals surface area contributed by atoms with Crippen LogP contribution in [0.4, 0.5) is 16.0 Å². The zero-order valence-electron chi connectivity index (χ0n) is 14.9. The zero-order valence-corrected chi connectivity index (χ0v) is 15.6. The normalized spacial score (nSPS) is 13.8. The van der Waals surface area contributed by atoms with Crippen LogP contribution in [0, 0.1) is 5.82 Å². The van der Waals surface area contributed by atoms with Gasteiger partial charge in [0.1, 0.15) is 12.4 Å². The maximum atomic E-state index is 13.4. The fourth-order valence-corrected chi connectivity index (χ4v) is 3.16. The highest BCUT2D eigenvalue weighted by Gasteiger charge is 2.21. The fourth-order valence-electron chi connectivity index (χ4n) is 3.00. The van der Waals surface area contributed by atoms with E-state index in [0.717, 1.165) is 32.0 Å². The molecule has 2 heterocycles. The first-order chi connectivity index (χ1) is 13.0. The molecule has 0 aliphatic carbocycles. The summed E-state index contributed by atoms with van der Waals surface area (Å²) in [7, 11) is 1.53. The van der Waals surface area contributed by atoms with Crippen LogP contribution in [0.25, 0.3) is 0 Å². The van der Waals surface area contributed by atoms with Gasteiger partial charge in [-0.05, 0) is 31.0 Å². The first-order valence-corrected chi connectivity index (χ1v) is 8.95. The predicted molar refractivity (Wildman–Crippen MR) is 101 cm³/mol. The highest BCUT2D eigenvalue weighted by molar-refractivity contribution is 6.33. The van der Waals surface area contributed by atoms with Crippen molar-refractivity contribution in [3.63, 3.8) is 0 Å². The number of carbonyl (C=O) groups is 1. The van der Waals surface area contributed by atoms with E-state index < -0.39 is 11.7 Å². The van der Waals surface area contributed by atoms with E-state index >= 15 is 0 Å². The standard InChI is InChI=1S/C18H20ClFN4O3/c1-27-11-13-9-17(26)24(18(21-13)23-6-2-3-7-23)10-16(25)22-15-8-12(20)4-5-14(15)19/h4-5,8-9H,2-3,6-7,10-11H2,1H3,(H,22,25). The summed E-state index contributed by atoms with van der Waals surface area (Å²) in [5, 5.41) is 2.76. The molecule has 1 fully saturated rings. The van der Waals surface area contributed by atoms with Crippen molar-refractivity contribution in [3.8, 4) is 0 Å². The SMILES string of the molecule is COCc1cc(=O)n(CC(=O)Nc2cc(F)ccc2Cl)c(N2CCCC2)n1. The molecule has 1 saturated heterocycles. The number of benzene rings is 1. The number of methoxy groups -OCH3 is 1. The second kappa shape index (κ2) is 8.49. The van der Waals surface area contributed by atoms with Crippen LogP contribution in [0.1, 0.15) is 18.5 Å². The number of nitrogens with one attached hydrogen (secondary N) is 1. The van der Waals surface area contributed by atoms with Gasteiger partial charge >= 0.3 is 0 Å². The van der Waals surface area contributed by atoms with Crippen molar-refractivity contribution < 1.29 is 13.9 Å². The Hall–Kier alpha value is -2.45. The second-order valence-corrected chi connectivity index (χ2v) is 6.68. The maximum absolute atomic E-state index is 13.4. The Labute approximate surface area is 160 Å². The number of carbonyl (C=O) groups excluding carboxylic acids is 1. The van der Waals surface area contributed by atoms with Crippen molar-refractivity contribution in [2.24, 2.45) is 0 Å². The Kier molecular flexibility index (Phi) is 6.08. The maximum Gasteiger partial charge on any atom is 0.255 e. The predicted octanol–water partition coefficient (Wildman–Crippen LogP) is 2.42. The number of aromatic nitrogens is 2. The van der Waals surface area contributed by atoms with Crippen LogP contribution in [0.3, 0.4) is 0 Å². The molecular weight excluding hydrogens is 375 g/mol. The molecule has 9 heteroatoms. The van der Waals surface area contributed by atoms with Crippen molar-refractivity contribution in [2.45, 2.75) is 26.0 Å². The largest absolute Gasteiger partial charge is 0.378 e. The summed E-state index contributed by atoms with van der Waals surface area (Å²) >= 11 is 5.98. The van der Waals surface area contributed by atoms with Crippen LogP contribution in [0.2, 0.25) is 5.02 Å². The summed E-state index contributed by atoms with van der Waals surface area (Å²) in [6.07, 6.45) is 1.99. The van der Waals surface area contributed by atoms with Gasteiger partial charge < -0.3 is 15.0 Å². The van der Waals surface area contributed by atoms with Gasteiger partial charge in [-0.15, -0.1) is 0 Å². The number of amides is 1. The number of nitrogens with zero attached hydrogens (tertiary/aromatic N) is 3. The number of ether oxygens (including phenoxy) is 1. The summed E-state index contributed by atoms with van der Waals surface area (Å²) in [6.45, 7) is 1.49. The third-order valence-electron chi connectivity index (χ3n) is 4.23. The topological polar surface area (TPSA) is 76.5 Å². The van der Waals surface area contributed by atoms with E-state index in [0.29, 0.717) is 11.6 Å². The summed E-state index contributed by atoms with van der Waals surface area (Å²) in [5.41, 5.74) is 0.315. The Morgan fingerprint density at radius 3 is 2.78 bits per heavy atom. The molecule has 1 amide bonds. The minimum absolute atomic E-state index is 0.154. The van der Waals surface area contributed by atoms with Gasteiger partial charge in [-0.25, -0.2) is 9.37 Å². The smallest absolute Gasteiger partial charge is 0.255 e. The van der Waals surface area contributed by atoms with Gasteiger partial charge in [-0.2, -0.15) is 0 Å². The third-order valence-corrected chi connectivity index (χ3v) is 4.56. The van der Waals surface area contributed by atoms with Crippen molar-refractivity contribution in [1.29, 1.82) is 0 Å². The molecule has 1 aliphatic heterocycles. The second-order valence-electron chi connectivity index (χ2n) is 6.27. The van der Waals surface area contributed by atoms with E-state index in [9.17, 15) is 14.0 Å². The monoisotopic (exact) mass is 394 g/mol. The van der Waals surface area contributed by atoms with Crippen LogP contribution in [0.15, 0.2) is 29.1 Å². The molecule has 144 valence electrons. The van der Waals surface area contributed by atoms with Crippen LogP contribution in [-0.2, 0) is 22.7 Å². The number of anilines is 2. The lowest BCUT2D eigenvalue weighted by Gasteiger charge is -2.21. The molecule has 1 aromatic carbocycles. The van der Waals surface area contributed by atoms with Crippen molar-refractivity contribution >= 4 is 29.1 Å². The van der Waals surface area contributed by atoms with E-state index in [1.807, 2.05) is 4.90 Å². The summed E-state index contributed by atoms with van der Waals surface area (Å²) < 4.78 is 19.8. The van der Waals surface area contributed by atoms with E-state index in [4.69, 9.17) is 16.3 Å². The van der Waals surface area contributed by atoms with E-state index in [-0.39, 0.29) is 29.4 Å². The van der Waals surface area contributed by atoms with E-state index in [1.165, 1.54) is 29.9 Å². The molecule has 3 rings (SSSR count). The lowest BCUT2D eigenvalue weighted by Crippen LogP contribution is -2.35. The van der Waals surface area contributed by atoms with Crippen LogP contribution in [-0.4, -0.2) is 35.7 Å². The third kappa shape index (κ3) is 4.64. The first-order valence-electron chi connectivity index (χ1n) is 8.57. The van der Waals surface area contributed by atoms with Crippen LogP contribution < -0.4 is 15.8 Å². The van der Waals surface area contributed by atoms with Crippen molar-refractivity contribution in [2.75, 3.05) is 30.4 Å². The van der Waals surface area contributed by atoms with Crippen LogP contribution >= 0.6 is 11.6 Å². The highest BCUT2D eigenvalue weighted by atomic mass is 35.5. The molecule has 7 nitrogen and oxygen atoms in total. The van der Waals surface area contributed by atoms with E-state index in [2.05, 4.69) is 10.3 Å². The fraction of sp³-hybridized carbons (Fsp3) is 0.389. The Balaban J connectivity index is 1.87. The Bertz CT molecular complexity index is 897. The number of halogens is 2. The minimum atomic E-state index is -0.518. The molecule has 0 bridgehead atoms. The van der Waals surface area contributed by atoms with Gasteiger partial charge in [-0.3, -0.25) is 14.2 Å². The van der Waals surface area contributed by atoms with Crippen molar-refractivity contribution in [1.82, 2.24) is 9.55 Å². The molecule has 2 aromatic rings. The average Bonchev–Trinajstić information content (AvgIpc) is 3.15. The zero-order chi connectivity index (χ0) is 19.4. The summed E-state index contributed by atoms with van der Waals surface area (Å²) in [5.74, 6) is -0.575. The number of hydrogen-bond acceptors (Lipinski definition) is 5. The Morgan fingerprint density at radius 1 is 1.33 bits per heavy atom. The van der Waals surface area contributed by atoms with Gasteiger partial charge in [0.05, 0.1) is 23.0 Å². The highest BCUT2D eigenvalue weighted by Crippen LogP contribution is 2.23. The summed E-state index contributed by atoms with van der Waals surface area (Å²) in [4.78, 5) is 31.5. The Morgan fingerprint density at radius 2 is 2.07 bits per heavy atom. The molecule has 0 unspecified atom stereocenters. The van der Waals surface area contributed by atoms with Crippen molar-refractivity contribution in [3.05, 3.63) is 51.2 Å². The molecule has 0 radical (unpaired) electrons. The lowest BCUT2D eigenvalue weighted by atomic mass is 10.3. The number of hydrogen-bond donors (Lipinski definition) is 1. The number of rotatable bonds is 6. The van der Waals surface area contributed by atoms with Crippen LogP contribution in [0.5, 0.6) is 0 Å². The first kappa shape index (κ1) is 19.3. The molecule has 0 spiro atoms. The van der Waals surface area contributed by atoms with Gasteiger partial charge in [0, 0.05) is 26.3 Å². The van der Waals surface area contributed by atoms with Gasteiger partial charge in [0.25, 0.3) is 5.56 Å². The van der Waals surface area contributed by atoms with Gasteiger partial charge in [0.2, 0.25) is 11.9 Å². The molecule has 1 N–H and O–H groups in total. The average molecular weight is 395 g/mol. The molecule has 1 aliphatic rings. The van der Waals surface area contributed by atoms with Gasteiger partial charge in [0.15, 0.2) is 0 Å². The molecule has 0 saturated carbocycles.